The van der Waals surface area contributed by atoms with Crippen molar-refractivity contribution >= 4 is 0 Å². The average Bonchev–Trinajstić information content (AvgIpc) is 2.88. The number of ether oxygens (including phenoxy) is 1. The van der Waals surface area contributed by atoms with Gasteiger partial charge in [-0.2, -0.15) is 0 Å². The number of methoxy groups -OCH3 is 1. The van der Waals surface area contributed by atoms with Gasteiger partial charge in [0.2, 0.25) is 0 Å². The van der Waals surface area contributed by atoms with E-state index in [4.69, 9.17) is 4.74 Å². The third kappa shape index (κ3) is 2.89. The lowest BCUT2D eigenvalue weighted by Crippen LogP contribution is -2.44. The van der Waals surface area contributed by atoms with Gasteiger partial charge in [0.25, 0.3) is 0 Å². The number of imidazole rings is 1. The quantitative estimate of drug-likeness (QED) is 0.800. The van der Waals surface area contributed by atoms with Crippen molar-refractivity contribution in [3.05, 3.63) is 48.3 Å². The van der Waals surface area contributed by atoms with Gasteiger partial charge in [-0.05, 0) is 17.7 Å². The van der Waals surface area contributed by atoms with Gasteiger partial charge in [0.1, 0.15) is 5.82 Å². The van der Waals surface area contributed by atoms with E-state index in [2.05, 4.69) is 31.6 Å². The molecule has 0 aliphatic carbocycles. The average molecular weight is 272 g/mol. The van der Waals surface area contributed by atoms with E-state index in [1.807, 2.05) is 24.8 Å². The van der Waals surface area contributed by atoms with E-state index in [0.717, 1.165) is 38.6 Å². The lowest BCUT2D eigenvalue weighted by molar-refractivity contribution is 0.131. The van der Waals surface area contributed by atoms with E-state index in [1.54, 1.807) is 7.11 Å². The van der Waals surface area contributed by atoms with E-state index in [-0.39, 0.29) is 0 Å². The highest BCUT2D eigenvalue weighted by molar-refractivity contribution is 5.19. The maximum Gasteiger partial charge on any atom is 0.122 e. The van der Waals surface area contributed by atoms with Gasteiger partial charge in [-0.3, -0.25) is 9.88 Å². The summed E-state index contributed by atoms with van der Waals surface area (Å²) in [6, 6.07) is 4.23. The second kappa shape index (κ2) is 6.15. The minimum Gasteiger partial charge on any atom is -0.383 e. The lowest BCUT2D eigenvalue weighted by atomic mass is 9.92. The summed E-state index contributed by atoms with van der Waals surface area (Å²) in [5, 5.41) is 0. The fourth-order valence-corrected chi connectivity index (χ4v) is 2.63. The molecule has 5 nitrogen and oxygen atoms in total. The Morgan fingerprint density at radius 3 is 2.80 bits per heavy atom. The van der Waals surface area contributed by atoms with Crippen LogP contribution in [0.1, 0.15) is 17.3 Å². The van der Waals surface area contributed by atoms with Gasteiger partial charge in [0.05, 0.1) is 13.2 Å². The first kappa shape index (κ1) is 13.3. The van der Waals surface area contributed by atoms with Crippen molar-refractivity contribution in [1.29, 1.82) is 0 Å². The van der Waals surface area contributed by atoms with Crippen LogP contribution in [0.25, 0.3) is 0 Å². The van der Waals surface area contributed by atoms with E-state index < -0.39 is 0 Å². The molecule has 106 valence electrons. The van der Waals surface area contributed by atoms with Crippen molar-refractivity contribution < 1.29 is 4.74 Å². The first-order chi connectivity index (χ1) is 9.86. The van der Waals surface area contributed by atoms with Crippen LogP contribution in [-0.2, 0) is 17.8 Å². The molecule has 1 fully saturated rings. The van der Waals surface area contributed by atoms with Crippen LogP contribution in [0, 0.1) is 0 Å². The smallest absolute Gasteiger partial charge is 0.122 e. The van der Waals surface area contributed by atoms with Crippen LogP contribution in [0.5, 0.6) is 0 Å². The molecule has 20 heavy (non-hydrogen) atoms. The Hall–Kier alpha value is -1.72. The van der Waals surface area contributed by atoms with E-state index in [9.17, 15) is 0 Å². The molecule has 5 heteroatoms. The van der Waals surface area contributed by atoms with Crippen LogP contribution in [-0.4, -0.2) is 46.2 Å². The van der Waals surface area contributed by atoms with E-state index in [0.29, 0.717) is 5.92 Å². The normalized spacial score (nSPS) is 16.2. The number of likely N-dealkylation sites (tertiary alicyclic amines) is 1. The molecule has 0 unspecified atom stereocenters. The number of pyridine rings is 1. The molecule has 3 rings (SSSR count). The van der Waals surface area contributed by atoms with Crippen LogP contribution >= 0.6 is 0 Å². The second-order valence-electron chi connectivity index (χ2n) is 5.20. The van der Waals surface area contributed by atoms with Gasteiger partial charge in [-0.15, -0.1) is 0 Å². The van der Waals surface area contributed by atoms with Crippen molar-refractivity contribution in [3.8, 4) is 0 Å². The molecule has 0 aromatic carbocycles. The summed E-state index contributed by atoms with van der Waals surface area (Å²) in [7, 11) is 1.73. The number of aromatic nitrogens is 3. The molecule has 1 aliphatic rings. The van der Waals surface area contributed by atoms with Crippen LogP contribution in [0.2, 0.25) is 0 Å². The van der Waals surface area contributed by atoms with Crippen LogP contribution < -0.4 is 0 Å². The summed E-state index contributed by atoms with van der Waals surface area (Å²) in [6.45, 7) is 4.71. The summed E-state index contributed by atoms with van der Waals surface area (Å²) < 4.78 is 7.29. The molecular weight excluding hydrogens is 252 g/mol. The van der Waals surface area contributed by atoms with Crippen molar-refractivity contribution in [2.45, 2.75) is 19.0 Å². The zero-order valence-electron chi connectivity index (χ0n) is 11.8. The Balaban J connectivity index is 1.53. The third-order valence-electron chi connectivity index (χ3n) is 3.84. The molecule has 0 saturated carbocycles. The molecule has 0 bridgehead atoms. The Labute approximate surface area is 119 Å². The molecule has 2 aromatic rings. The molecule has 0 spiro atoms. The predicted octanol–water partition coefficient (Wildman–Crippen LogP) is 1.52. The summed E-state index contributed by atoms with van der Waals surface area (Å²) in [4.78, 5) is 10.9. The molecule has 0 atom stereocenters. The molecule has 0 N–H and O–H groups in total. The number of hydrogen-bond acceptors (Lipinski definition) is 4. The topological polar surface area (TPSA) is 43.2 Å². The minimum absolute atomic E-state index is 0.639. The summed E-state index contributed by atoms with van der Waals surface area (Å²) >= 11 is 0. The zero-order valence-corrected chi connectivity index (χ0v) is 11.8. The maximum atomic E-state index is 5.12. The number of rotatable bonds is 6. The monoisotopic (exact) mass is 272 g/mol. The largest absolute Gasteiger partial charge is 0.383 e. The molecule has 0 radical (unpaired) electrons. The van der Waals surface area contributed by atoms with Crippen LogP contribution in [0.4, 0.5) is 0 Å². The number of hydrogen-bond donors (Lipinski definition) is 0. The Morgan fingerprint density at radius 1 is 1.25 bits per heavy atom. The first-order valence-electron chi connectivity index (χ1n) is 6.98. The standard InChI is InChI=1S/C15H20N4O/c1-20-9-8-19-7-6-17-15(19)12-18-10-14(11-18)13-2-4-16-5-3-13/h2-7,14H,8-12H2,1H3. The highest BCUT2D eigenvalue weighted by Crippen LogP contribution is 2.27. The minimum atomic E-state index is 0.639. The summed E-state index contributed by atoms with van der Waals surface area (Å²) in [6.07, 6.45) is 7.63. The summed E-state index contributed by atoms with van der Waals surface area (Å²) in [5.41, 5.74) is 1.39. The van der Waals surface area contributed by atoms with Crippen molar-refractivity contribution in [2.75, 3.05) is 26.8 Å². The van der Waals surface area contributed by atoms with Crippen LogP contribution in [0.15, 0.2) is 36.9 Å². The van der Waals surface area contributed by atoms with Gasteiger partial charge < -0.3 is 9.30 Å². The highest BCUT2D eigenvalue weighted by Gasteiger charge is 2.28. The molecular formula is C15H20N4O. The fourth-order valence-electron chi connectivity index (χ4n) is 2.63. The third-order valence-corrected chi connectivity index (χ3v) is 3.84. The number of nitrogens with zero attached hydrogens (tertiary/aromatic N) is 4. The molecule has 1 saturated heterocycles. The predicted molar refractivity (Wildman–Crippen MR) is 76.4 cm³/mol. The Morgan fingerprint density at radius 2 is 2.05 bits per heavy atom. The van der Waals surface area contributed by atoms with E-state index >= 15 is 0 Å². The lowest BCUT2D eigenvalue weighted by Gasteiger charge is -2.39. The molecule has 3 heterocycles. The molecule has 1 aliphatic heterocycles. The Bertz CT molecular complexity index is 534. The van der Waals surface area contributed by atoms with Gasteiger partial charge in [0.15, 0.2) is 0 Å². The highest BCUT2D eigenvalue weighted by atomic mass is 16.5. The SMILES string of the molecule is COCCn1ccnc1CN1CC(c2ccncc2)C1. The van der Waals surface area contributed by atoms with Crippen molar-refractivity contribution in [3.63, 3.8) is 0 Å². The van der Waals surface area contributed by atoms with Gasteiger partial charge in [0, 0.05) is 57.4 Å². The van der Waals surface area contributed by atoms with Gasteiger partial charge >= 0.3 is 0 Å². The second-order valence-corrected chi connectivity index (χ2v) is 5.20. The van der Waals surface area contributed by atoms with Crippen molar-refractivity contribution in [2.24, 2.45) is 0 Å². The van der Waals surface area contributed by atoms with Gasteiger partial charge in [-0.1, -0.05) is 0 Å². The first-order valence-corrected chi connectivity index (χ1v) is 6.98. The Kier molecular flexibility index (Phi) is 4.08. The molecule has 2 aromatic heterocycles. The molecule has 0 amide bonds. The van der Waals surface area contributed by atoms with Crippen LogP contribution in [0.3, 0.4) is 0 Å². The van der Waals surface area contributed by atoms with E-state index in [1.165, 1.54) is 5.56 Å². The maximum absolute atomic E-state index is 5.12. The summed E-state index contributed by atoms with van der Waals surface area (Å²) in [5.74, 6) is 1.76. The fraction of sp³-hybridized carbons (Fsp3) is 0.467. The van der Waals surface area contributed by atoms with Gasteiger partial charge in [-0.25, -0.2) is 4.98 Å². The zero-order chi connectivity index (χ0) is 13.8. The van der Waals surface area contributed by atoms with Crippen molar-refractivity contribution in [1.82, 2.24) is 19.4 Å².